The van der Waals surface area contributed by atoms with Gasteiger partial charge in [0.2, 0.25) is 0 Å². The Kier molecular flexibility index (Phi) is 6.36. The molecule has 0 aromatic rings. The third kappa shape index (κ3) is 4.68. The second-order valence-electron chi connectivity index (χ2n) is 1.44. The van der Waals surface area contributed by atoms with Gasteiger partial charge in [-0.3, -0.25) is 4.21 Å². The molecular weight excluding hydrogens is 180 g/mol. The Morgan fingerprint density at radius 2 is 1.80 bits per heavy atom. The molecule has 0 aliphatic carbocycles. The summed E-state index contributed by atoms with van der Waals surface area (Å²) in [6.45, 7) is 0.586. The maximum absolute atomic E-state index is 11.3. The first kappa shape index (κ1) is 13.5. The summed E-state index contributed by atoms with van der Waals surface area (Å²) in [5.41, 5.74) is 0. The molecule has 10 heavy (non-hydrogen) atoms. The normalized spacial score (nSPS) is 17.3. The van der Waals surface area contributed by atoms with Crippen LogP contribution < -0.4 is 29.6 Å². The molecule has 0 spiro atoms. The summed E-state index contributed by atoms with van der Waals surface area (Å²) in [5.74, 6) is 0. The Labute approximate surface area is 80.8 Å². The van der Waals surface area contributed by atoms with E-state index in [1.165, 1.54) is 0 Å². The van der Waals surface area contributed by atoms with Crippen molar-refractivity contribution in [3.05, 3.63) is 0 Å². The van der Waals surface area contributed by atoms with Gasteiger partial charge in [-0.1, -0.05) is 0 Å². The zero-order valence-electron chi connectivity index (χ0n) is 5.44. The van der Waals surface area contributed by atoms with Crippen LogP contribution in [0.15, 0.2) is 0 Å². The molecule has 0 rings (SSSR count). The molecule has 0 bridgehead atoms. The summed E-state index contributed by atoms with van der Waals surface area (Å²) in [4.78, 5) is 0. The molecule has 0 N–H and O–H groups in total. The Bertz CT molecular complexity index is 125. The number of alkyl halides is 3. The summed E-state index contributed by atoms with van der Waals surface area (Å²) in [6.07, 6.45) is -4.63. The first-order chi connectivity index (χ1) is 3.85. The fraction of sp³-hybridized carbons (Fsp3) is 1.00. The van der Waals surface area contributed by atoms with Crippen molar-refractivity contribution in [3.8, 4) is 0 Å². The zero-order valence-corrected chi connectivity index (χ0v) is 8.25. The molecule has 0 radical (unpaired) electrons. The van der Waals surface area contributed by atoms with Crippen LogP contribution in [0, 0.1) is 0 Å². The topological polar surface area (TPSA) is 40.1 Å². The van der Waals surface area contributed by atoms with Gasteiger partial charge in [0.05, 0.1) is 0 Å². The van der Waals surface area contributed by atoms with Gasteiger partial charge in [-0.15, -0.1) is 0 Å². The minimum Gasteiger partial charge on any atom is -0.772 e. The molecule has 7 heteroatoms. The van der Waals surface area contributed by atoms with Gasteiger partial charge in [-0.2, -0.15) is 13.2 Å². The van der Waals surface area contributed by atoms with Gasteiger partial charge in [0, 0.05) is 0 Å². The van der Waals surface area contributed by atoms with E-state index in [9.17, 15) is 21.9 Å². The van der Waals surface area contributed by atoms with Crippen molar-refractivity contribution in [1.82, 2.24) is 0 Å². The van der Waals surface area contributed by atoms with Gasteiger partial charge in [0.25, 0.3) is 0 Å². The second-order valence-corrected chi connectivity index (χ2v) is 2.67. The summed E-state index contributed by atoms with van der Waals surface area (Å²) in [6, 6.07) is 0. The Balaban J connectivity index is 0. The van der Waals surface area contributed by atoms with Crippen molar-refractivity contribution >= 4 is 11.1 Å². The van der Waals surface area contributed by atoms with Crippen LogP contribution in [0.3, 0.4) is 0 Å². The summed E-state index contributed by atoms with van der Waals surface area (Å²) < 4.78 is 53.2. The van der Waals surface area contributed by atoms with Gasteiger partial charge in [-0.25, -0.2) is 0 Å². The smallest absolute Gasteiger partial charge is 0.772 e. The molecule has 2 unspecified atom stereocenters. The summed E-state index contributed by atoms with van der Waals surface area (Å²) >= 11 is -3.05. The molecule has 56 valence electrons. The van der Waals surface area contributed by atoms with Crippen molar-refractivity contribution in [3.63, 3.8) is 0 Å². The summed E-state index contributed by atoms with van der Waals surface area (Å²) in [7, 11) is 0. The van der Waals surface area contributed by atoms with Crippen LogP contribution in [0.25, 0.3) is 0 Å². The zero-order chi connectivity index (χ0) is 7.65. The van der Waals surface area contributed by atoms with Crippen LogP contribution in [0.5, 0.6) is 0 Å². The summed E-state index contributed by atoms with van der Waals surface area (Å²) in [5, 5.41) is -2.27. The van der Waals surface area contributed by atoms with Crippen LogP contribution in [-0.4, -0.2) is 20.2 Å². The first-order valence-electron chi connectivity index (χ1n) is 2.00. The predicted molar refractivity (Wildman–Crippen MR) is 24.4 cm³/mol. The molecule has 0 aliphatic rings. The predicted octanol–water partition coefficient (Wildman–Crippen LogP) is -2.18. The monoisotopic (exact) mass is 184 g/mol. The molecule has 0 heterocycles. The van der Waals surface area contributed by atoms with E-state index < -0.39 is 22.5 Å². The third-order valence-electron chi connectivity index (χ3n) is 0.750. The van der Waals surface area contributed by atoms with Crippen molar-refractivity contribution < 1.29 is 51.5 Å². The fourth-order valence-electron chi connectivity index (χ4n) is 0.109. The average molecular weight is 184 g/mol. The molecule has 0 aromatic heterocycles. The number of halogens is 3. The van der Waals surface area contributed by atoms with Gasteiger partial charge < -0.3 is 4.55 Å². The second kappa shape index (κ2) is 4.71. The van der Waals surface area contributed by atoms with E-state index in [0.717, 1.165) is 0 Å². The van der Waals surface area contributed by atoms with Crippen LogP contribution in [0.4, 0.5) is 13.2 Å². The number of hydrogen-bond acceptors (Lipinski definition) is 2. The SMILES string of the molecule is CC(S(=O)[O-])C(F)(F)F.[Na+]. The van der Waals surface area contributed by atoms with Gasteiger partial charge >= 0.3 is 35.7 Å². The van der Waals surface area contributed by atoms with E-state index in [2.05, 4.69) is 0 Å². The van der Waals surface area contributed by atoms with Crippen LogP contribution in [-0.2, 0) is 11.1 Å². The standard InChI is InChI=1S/C3H5F3O2S.Na/c1-2(9(7)8)3(4,5)6;/h2H,1H3,(H,7,8);/q;+1/p-1. The van der Waals surface area contributed by atoms with E-state index in [1.807, 2.05) is 0 Å². The Morgan fingerprint density at radius 3 is 1.80 bits per heavy atom. The van der Waals surface area contributed by atoms with Crippen molar-refractivity contribution in [2.75, 3.05) is 0 Å². The van der Waals surface area contributed by atoms with Crippen molar-refractivity contribution in [1.29, 1.82) is 0 Å². The molecule has 0 aromatic carbocycles. The Morgan fingerprint density at radius 1 is 1.50 bits per heavy atom. The largest absolute Gasteiger partial charge is 1.00 e. The molecule has 0 fully saturated rings. The average Bonchev–Trinajstić information content (AvgIpc) is 1.62. The van der Waals surface area contributed by atoms with E-state index in [-0.39, 0.29) is 29.6 Å². The van der Waals surface area contributed by atoms with Crippen LogP contribution in [0.2, 0.25) is 0 Å². The first-order valence-corrected chi connectivity index (χ1v) is 3.14. The third-order valence-corrected chi connectivity index (χ3v) is 1.59. The maximum Gasteiger partial charge on any atom is 1.00 e. The molecular formula is C3H4F3NaO2S. The molecule has 0 amide bonds. The van der Waals surface area contributed by atoms with Gasteiger partial charge in [-0.05, 0) is 18.0 Å². The van der Waals surface area contributed by atoms with Crippen LogP contribution >= 0.6 is 0 Å². The minimum absolute atomic E-state index is 0. The number of rotatable bonds is 1. The molecule has 2 nitrogen and oxygen atoms in total. The molecule has 0 aliphatic heterocycles. The van der Waals surface area contributed by atoms with Crippen molar-refractivity contribution in [2.45, 2.75) is 18.3 Å². The molecule has 0 saturated carbocycles. The molecule has 0 saturated heterocycles. The Hall–Kier alpha value is 0.900. The van der Waals surface area contributed by atoms with Gasteiger partial charge in [0.15, 0.2) is 0 Å². The molecule has 2 atom stereocenters. The van der Waals surface area contributed by atoms with E-state index >= 15 is 0 Å². The van der Waals surface area contributed by atoms with Gasteiger partial charge in [0.1, 0.15) is 5.25 Å². The van der Waals surface area contributed by atoms with Crippen molar-refractivity contribution in [2.24, 2.45) is 0 Å². The maximum atomic E-state index is 11.3. The van der Waals surface area contributed by atoms with E-state index in [4.69, 9.17) is 0 Å². The quantitative estimate of drug-likeness (QED) is 0.343. The van der Waals surface area contributed by atoms with E-state index in [0.29, 0.717) is 6.92 Å². The minimum atomic E-state index is -4.63. The fourth-order valence-corrected chi connectivity index (χ4v) is 0.327. The number of hydrogen-bond donors (Lipinski definition) is 0. The van der Waals surface area contributed by atoms with E-state index in [1.54, 1.807) is 0 Å². The van der Waals surface area contributed by atoms with Crippen LogP contribution in [0.1, 0.15) is 6.92 Å².